The first kappa shape index (κ1) is 7.54. The Balaban J connectivity index is 2.53. The number of rotatable bonds is 1. The third-order valence-electron chi connectivity index (χ3n) is 1.94. The van der Waals surface area contributed by atoms with Gasteiger partial charge >= 0.3 is 0 Å². The fourth-order valence-electron chi connectivity index (χ4n) is 1.12. The molecule has 0 fully saturated rings. The molecular formula is C7H14N2O. The molecule has 1 N–H and O–H groups in total. The van der Waals surface area contributed by atoms with Gasteiger partial charge in [-0.1, -0.05) is 0 Å². The predicted octanol–water partition coefficient (Wildman–Crippen LogP) is -0.0429. The number of aliphatic imine (C=N–C) groups is 1. The van der Waals surface area contributed by atoms with Crippen molar-refractivity contribution in [2.75, 3.05) is 20.2 Å². The predicted molar refractivity (Wildman–Crippen MR) is 41.2 cm³/mol. The first-order valence-corrected chi connectivity index (χ1v) is 3.58. The van der Waals surface area contributed by atoms with E-state index in [1.165, 1.54) is 0 Å². The Morgan fingerprint density at radius 2 is 2.50 bits per heavy atom. The van der Waals surface area contributed by atoms with Crippen LogP contribution in [0.2, 0.25) is 0 Å². The van der Waals surface area contributed by atoms with Gasteiger partial charge in [-0.3, -0.25) is 4.99 Å². The highest BCUT2D eigenvalue weighted by atomic mass is 16.3. The number of hydrogen-bond donors (Lipinski definition) is 1. The molecule has 3 nitrogen and oxygen atoms in total. The van der Waals surface area contributed by atoms with Crippen molar-refractivity contribution in [3.63, 3.8) is 0 Å². The molecule has 10 heavy (non-hydrogen) atoms. The van der Waals surface area contributed by atoms with Gasteiger partial charge in [0.2, 0.25) is 0 Å². The van der Waals surface area contributed by atoms with Crippen LogP contribution in [0, 0.1) is 5.92 Å². The zero-order valence-electron chi connectivity index (χ0n) is 6.49. The molecule has 1 heterocycles. The summed E-state index contributed by atoms with van der Waals surface area (Å²) in [6, 6.07) is 0.279. The number of aliphatic hydroxyl groups is 1. The quantitative estimate of drug-likeness (QED) is 0.557. The molecule has 0 saturated heterocycles. The average molecular weight is 142 g/mol. The first-order valence-electron chi connectivity index (χ1n) is 3.58. The summed E-state index contributed by atoms with van der Waals surface area (Å²) in [7, 11) is 1.97. The van der Waals surface area contributed by atoms with Gasteiger partial charge in [0.1, 0.15) is 0 Å². The third kappa shape index (κ3) is 1.48. The van der Waals surface area contributed by atoms with Crippen molar-refractivity contribution in [2.24, 2.45) is 10.9 Å². The maximum atomic E-state index is 8.88. The van der Waals surface area contributed by atoms with Crippen LogP contribution in [-0.4, -0.2) is 42.6 Å². The van der Waals surface area contributed by atoms with E-state index in [2.05, 4.69) is 4.99 Å². The molecule has 1 rings (SSSR count). The lowest BCUT2D eigenvalue weighted by Gasteiger charge is -2.28. The lowest BCUT2D eigenvalue weighted by molar-refractivity contribution is 0.181. The van der Waals surface area contributed by atoms with Crippen LogP contribution in [0.3, 0.4) is 0 Å². The number of aliphatic hydroxyl groups excluding tert-OH is 1. The van der Waals surface area contributed by atoms with E-state index >= 15 is 0 Å². The molecule has 0 amide bonds. The van der Waals surface area contributed by atoms with E-state index in [1.54, 1.807) is 0 Å². The summed E-state index contributed by atoms with van der Waals surface area (Å²) in [6.45, 7) is 3.19. The SMILES string of the molecule is CC1N=CN(C)CC1CO. The molecule has 0 aromatic rings. The van der Waals surface area contributed by atoms with Crippen LogP contribution in [-0.2, 0) is 0 Å². The molecule has 58 valence electrons. The second kappa shape index (κ2) is 3.01. The van der Waals surface area contributed by atoms with E-state index in [0.717, 1.165) is 6.54 Å². The van der Waals surface area contributed by atoms with Crippen LogP contribution in [0.25, 0.3) is 0 Å². The van der Waals surface area contributed by atoms with Gasteiger partial charge in [0.15, 0.2) is 0 Å². The summed E-state index contributed by atoms with van der Waals surface area (Å²) in [6.07, 6.45) is 1.83. The smallest absolute Gasteiger partial charge is 0.0850 e. The normalized spacial score (nSPS) is 32.9. The van der Waals surface area contributed by atoms with Crippen LogP contribution >= 0.6 is 0 Å². The molecule has 0 aromatic heterocycles. The molecule has 0 aromatic carbocycles. The standard InChI is InChI=1S/C7H14N2O/c1-6-7(4-10)3-9(2)5-8-6/h5-7,10H,3-4H2,1-2H3. The van der Waals surface area contributed by atoms with Crippen LogP contribution in [0.1, 0.15) is 6.92 Å². The summed E-state index contributed by atoms with van der Waals surface area (Å²) >= 11 is 0. The van der Waals surface area contributed by atoms with E-state index in [1.807, 2.05) is 25.2 Å². The van der Waals surface area contributed by atoms with Gasteiger partial charge in [0.05, 0.1) is 12.4 Å². The van der Waals surface area contributed by atoms with Crippen molar-refractivity contribution in [2.45, 2.75) is 13.0 Å². The zero-order chi connectivity index (χ0) is 7.56. The maximum absolute atomic E-state index is 8.88. The lowest BCUT2D eigenvalue weighted by atomic mass is 10.0. The first-order chi connectivity index (χ1) is 4.74. The molecule has 1 aliphatic rings. The molecule has 0 spiro atoms. The Morgan fingerprint density at radius 3 is 3.00 bits per heavy atom. The van der Waals surface area contributed by atoms with Crippen LogP contribution in [0.5, 0.6) is 0 Å². The van der Waals surface area contributed by atoms with Crippen molar-refractivity contribution in [3.8, 4) is 0 Å². The minimum Gasteiger partial charge on any atom is -0.396 e. The molecule has 0 saturated carbocycles. The Bertz CT molecular complexity index is 136. The van der Waals surface area contributed by atoms with E-state index in [9.17, 15) is 0 Å². The van der Waals surface area contributed by atoms with Gasteiger partial charge in [-0.05, 0) is 6.92 Å². The summed E-state index contributed by atoms with van der Waals surface area (Å²) in [5.41, 5.74) is 0. The largest absolute Gasteiger partial charge is 0.396 e. The number of hydrogen-bond acceptors (Lipinski definition) is 3. The monoisotopic (exact) mass is 142 g/mol. The minimum absolute atomic E-state index is 0.239. The molecule has 0 aliphatic carbocycles. The van der Waals surface area contributed by atoms with E-state index in [-0.39, 0.29) is 12.6 Å². The van der Waals surface area contributed by atoms with Crippen LogP contribution in [0.15, 0.2) is 4.99 Å². The lowest BCUT2D eigenvalue weighted by Crippen LogP contribution is -2.37. The van der Waals surface area contributed by atoms with Crippen molar-refractivity contribution in [1.29, 1.82) is 0 Å². The van der Waals surface area contributed by atoms with Crippen molar-refractivity contribution in [3.05, 3.63) is 0 Å². The second-order valence-corrected chi connectivity index (χ2v) is 2.89. The van der Waals surface area contributed by atoms with Gasteiger partial charge in [0.25, 0.3) is 0 Å². The van der Waals surface area contributed by atoms with Crippen molar-refractivity contribution >= 4 is 6.34 Å². The van der Waals surface area contributed by atoms with Gasteiger partial charge in [-0.15, -0.1) is 0 Å². The topological polar surface area (TPSA) is 35.8 Å². The van der Waals surface area contributed by atoms with E-state index in [4.69, 9.17) is 5.11 Å². The Morgan fingerprint density at radius 1 is 1.80 bits per heavy atom. The highest BCUT2D eigenvalue weighted by molar-refractivity contribution is 5.55. The fraction of sp³-hybridized carbons (Fsp3) is 0.857. The van der Waals surface area contributed by atoms with Crippen LogP contribution in [0.4, 0.5) is 0 Å². The third-order valence-corrected chi connectivity index (χ3v) is 1.94. The van der Waals surface area contributed by atoms with E-state index < -0.39 is 0 Å². The van der Waals surface area contributed by atoms with E-state index in [0.29, 0.717) is 5.92 Å². The Kier molecular flexibility index (Phi) is 2.27. The summed E-state index contributed by atoms with van der Waals surface area (Å²) in [5.74, 6) is 0.315. The molecule has 2 unspecified atom stereocenters. The maximum Gasteiger partial charge on any atom is 0.0850 e. The van der Waals surface area contributed by atoms with Gasteiger partial charge < -0.3 is 10.0 Å². The molecule has 1 aliphatic heterocycles. The Labute approximate surface area is 61.4 Å². The highest BCUT2D eigenvalue weighted by Crippen LogP contribution is 2.11. The molecule has 3 heteroatoms. The Hall–Kier alpha value is -0.570. The van der Waals surface area contributed by atoms with Gasteiger partial charge in [-0.2, -0.15) is 0 Å². The number of nitrogens with zero attached hydrogens (tertiary/aromatic N) is 2. The summed E-state index contributed by atoms with van der Waals surface area (Å²) in [4.78, 5) is 6.20. The summed E-state index contributed by atoms with van der Waals surface area (Å²) in [5, 5.41) is 8.88. The van der Waals surface area contributed by atoms with Crippen molar-refractivity contribution < 1.29 is 5.11 Å². The molecular weight excluding hydrogens is 128 g/mol. The van der Waals surface area contributed by atoms with Gasteiger partial charge in [0, 0.05) is 26.1 Å². The molecule has 0 bridgehead atoms. The average Bonchev–Trinajstić information content (AvgIpc) is 1.94. The summed E-state index contributed by atoms with van der Waals surface area (Å²) < 4.78 is 0. The van der Waals surface area contributed by atoms with Gasteiger partial charge in [-0.25, -0.2) is 0 Å². The fourth-order valence-corrected chi connectivity index (χ4v) is 1.12. The van der Waals surface area contributed by atoms with Crippen LogP contribution < -0.4 is 0 Å². The molecule has 2 atom stereocenters. The second-order valence-electron chi connectivity index (χ2n) is 2.89. The minimum atomic E-state index is 0.239. The van der Waals surface area contributed by atoms with Crippen molar-refractivity contribution in [1.82, 2.24) is 4.90 Å². The highest BCUT2D eigenvalue weighted by Gasteiger charge is 2.19. The molecule has 0 radical (unpaired) electrons. The zero-order valence-corrected chi connectivity index (χ0v) is 6.49.